The van der Waals surface area contributed by atoms with Crippen LogP contribution < -0.4 is 5.19 Å². The molecule has 0 aliphatic heterocycles. The maximum Gasteiger partial charge on any atom is 0.294 e. The first-order valence-corrected chi connectivity index (χ1v) is 13.3. The van der Waals surface area contributed by atoms with Gasteiger partial charge in [0.05, 0.1) is 13.0 Å². The van der Waals surface area contributed by atoms with E-state index in [2.05, 4.69) is 20.0 Å². The van der Waals surface area contributed by atoms with Gasteiger partial charge in [-0.05, 0) is 30.7 Å². The van der Waals surface area contributed by atoms with Crippen LogP contribution >= 0.6 is 0 Å². The lowest BCUT2D eigenvalue weighted by atomic mass is 10.1. The molecule has 0 atom stereocenters. The van der Waals surface area contributed by atoms with Crippen LogP contribution in [0, 0.1) is 13.8 Å². The van der Waals surface area contributed by atoms with Crippen LogP contribution in [-0.4, -0.2) is 21.0 Å². The van der Waals surface area contributed by atoms with E-state index in [0.29, 0.717) is 0 Å². The van der Waals surface area contributed by atoms with Crippen molar-refractivity contribution in [3.05, 3.63) is 23.3 Å². The molecule has 23 heavy (non-hydrogen) atoms. The van der Waals surface area contributed by atoms with Crippen molar-refractivity contribution in [2.24, 2.45) is 0 Å². The van der Waals surface area contributed by atoms with Crippen LogP contribution in [-0.2, 0) is 10.1 Å². The van der Waals surface area contributed by atoms with Gasteiger partial charge in [0.1, 0.15) is 0 Å². The van der Waals surface area contributed by atoms with Gasteiger partial charge in [0.25, 0.3) is 10.1 Å². The lowest BCUT2D eigenvalue weighted by Crippen LogP contribution is -2.45. The fourth-order valence-electron chi connectivity index (χ4n) is 3.47. The molecule has 0 spiro atoms. The average molecular weight is 357 g/mol. The summed E-state index contributed by atoms with van der Waals surface area (Å²) in [6.45, 7) is 10.5. The van der Waals surface area contributed by atoms with Crippen molar-refractivity contribution in [2.45, 2.75) is 83.3 Å². The Morgan fingerprint density at radius 2 is 1.57 bits per heavy atom. The molecule has 0 saturated carbocycles. The van der Waals surface area contributed by atoms with Gasteiger partial charge in [-0.25, -0.2) is 0 Å². The fourth-order valence-corrected chi connectivity index (χ4v) is 8.70. The molecule has 3 nitrogen and oxygen atoms in total. The highest BCUT2D eigenvalue weighted by Crippen LogP contribution is 2.23. The van der Waals surface area contributed by atoms with Crippen LogP contribution in [0.1, 0.15) is 56.6 Å². The molecule has 0 heterocycles. The summed E-state index contributed by atoms with van der Waals surface area (Å²) in [5, 5.41) is 0.902. The van der Waals surface area contributed by atoms with E-state index in [0.717, 1.165) is 28.8 Å². The third kappa shape index (κ3) is 6.05. The molecule has 0 bridgehead atoms. The van der Waals surface area contributed by atoms with Crippen LogP contribution in [0.2, 0.25) is 19.1 Å². The molecule has 0 aliphatic rings. The summed E-state index contributed by atoms with van der Waals surface area (Å²) in [6.07, 6.45) is 7.45. The predicted octanol–water partition coefficient (Wildman–Crippen LogP) is 4.83. The number of hydrogen-bond donors (Lipinski definition) is 1. The van der Waals surface area contributed by atoms with Gasteiger partial charge in [0, 0.05) is 0 Å². The largest absolute Gasteiger partial charge is 0.294 e. The van der Waals surface area contributed by atoms with Gasteiger partial charge in [0.2, 0.25) is 0 Å². The van der Waals surface area contributed by atoms with Gasteiger partial charge < -0.3 is 0 Å². The van der Waals surface area contributed by atoms with E-state index >= 15 is 0 Å². The lowest BCUT2D eigenvalue weighted by molar-refractivity contribution is 0.483. The SMILES string of the molecule is CCCCCCCC[Si](C)(C)c1c(C)cc(C)cc1S(=O)(=O)O. The van der Waals surface area contributed by atoms with Crippen molar-refractivity contribution in [3.63, 3.8) is 0 Å². The number of hydrogen-bond acceptors (Lipinski definition) is 2. The Hall–Kier alpha value is -0.653. The van der Waals surface area contributed by atoms with Crippen LogP contribution in [0.4, 0.5) is 0 Å². The molecule has 0 aromatic heterocycles. The molecule has 0 aliphatic carbocycles. The Morgan fingerprint density at radius 1 is 1.00 bits per heavy atom. The molecular formula is C18H32O3SSi. The van der Waals surface area contributed by atoms with Crippen molar-refractivity contribution in [2.75, 3.05) is 0 Å². The average Bonchev–Trinajstić information content (AvgIpc) is 2.40. The normalized spacial score (nSPS) is 12.6. The minimum atomic E-state index is -4.17. The molecule has 1 aromatic rings. The lowest BCUT2D eigenvalue weighted by Gasteiger charge is -2.27. The zero-order valence-electron chi connectivity index (χ0n) is 15.3. The molecule has 132 valence electrons. The molecule has 1 aromatic carbocycles. The van der Waals surface area contributed by atoms with Gasteiger partial charge in [-0.15, -0.1) is 0 Å². The summed E-state index contributed by atoms with van der Waals surface area (Å²) >= 11 is 0. The number of rotatable bonds is 9. The Balaban J connectivity index is 2.95. The molecular weight excluding hydrogens is 324 g/mol. The van der Waals surface area contributed by atoms with Gasteiger partial charge in [-0.3, -0.25) is 4.55 Å². The highest BCUT2D eigenvalue weighted by molar-refractivity contribution is 7.86. The quantitative estimate of drug-likeness (QED) is 0.392. The zero-order valence-corrected chi connectivity index (χ0v) is 17.1. The van der Waals surface area contributed by atoms with Crippen molar-refractivity contribution in [1.29, 1.82) is 0 Å². The first kappa shape index (κ1) is 20.4. The van der Waals surface area contributed by atoms with Crippen LogP contribution in [0.3, 0.4) is 0 Å². The summed E-state index contributed by atoms with van der Waals surface area (Å²) < 4.78 is 33.3. The first-order valence-electron chi connectivity index (χ1n) is 8.69. The van der Waals surface area contributed by atoms with Gasteiger partial charge in [-0.2, -0.15) is 8.42 Å². The zero-order chi connectivity index (χ0) is 17.7. The molecule has 1 rings (SSSR count). The maximum atomic E-state index is 11.8. The van der Waals surface area contributed by atoms with Crippen LogP contribution in [0.15, 0.2) is 17.0 Å². The summed E-state index contributed by atoms with van der Waals surface area (Å²) in [4.78, 5) is 0.137. The monoisotopic (exact) mass is 356 g/mol. The molecule has 1 N–H and O–H groups in total. The Bertz CT molecular complexity index is 621. The molecule has 0 radical (unpaired) electrons. The third-order valence-corrected chi connectivity index (χ3v) is 9.23. The summed E-state index contributed by atoms with van der Waals surface area (Å²) in [6, 6.07) is 4.71. The smallest absolute Gasteiger partial charge is 0.282 e. The molecule has 0 saturated heterocycles. The first-order chi connectivity index (χ1) is 10.6. The number of aryl methyl sites for hydroxylation is 2. The highest BCUT2D eigenvalue weighted by atomic mass is 32.2. The number of benzene rings is 1. The minimum absolute atomic E-state index is 0.137. The molecule has 0 fully saturated rings. The maximum absolute atomic E-state index is 11.8. The van der Waals surface area contributed by atoms with Crippen molar-refractivity contribution < 1.29 is 13.0 Å². The minimum Gasteiger partial charge on any atom is -0.282 e. The topological polar surface area (TPSA) is 54.4 Å². The summed E-state index contributed by atoms with van der Waals surface area (Å²) in [7, 11) is -6.08. The van der Waals surface area contributed by atoms with Crippen molar-refractivity contribution in [3.8, 4) is 0 Å². The van der Waals surface area contributed by atoms with E-state index < -0.39 is 18.2 Å². The molecule has 0 unspecified atom stereocenters. The van der Waals surface area contributed by atoms with Gasteiger partial charge >= 0.3 is 0 Å². The molecule has 0 amide bonds. The second-order valence-electron chi connectivity index (χ2n) is 7.33. The van der Waals surface area contributed by atoms with E-state index in [1.54, 1.807) is 6.07 Å². The fraction of sp³-hybridized carbons (Fsp3) is 0.667. The van der Waals surface area contributed by atoms with E-state index in [4.69, 9.17) is 0 Å². The Kier molecular flexibility index (Phi) is 7.49. The summed E-state index contributed by atoms with van der Waals surface area (Å²) in [5.41, 5.74) is 1.88. The summed E-state index contributed by atoms with van der Waals surface area (Å²) in [5.74, 6) is 0. The molecule has 5 heteroatoms. The van der Waals surface area contributed by atoms with E-state index in [1.165, 1.54) is 32.1 Å². The van der Waals surface area contributed by atoms with Crippen LogP contribution in [0.5, 0.6) is 0 Å². The Labute approximate surface area is 143 Å². The van der Waals surface area contributed by atoms with Gasteiger partial charge in [-0.1, -0.05) is 76.2 Å². The number of unbranched alkanes of at least 4 members (excludes halogenated alkanes) is 5. The standard InChI is InChI=1S/C18H32O3SSi/c1-6-7-8-9-10-11-12-23(4,5)18-16(3)13-15(2)14-17(18)22(19,20)21/h13-14H,6-12H2,1-5H3,(H,19,20,21). The van der Waals surface area contributed by atoms with Crippen molar-refractivity contribution >= 4 is 23.4 Å². The van der Waals surface area contributed by atoms with Crippen molar-refractivity contribution in [1.82, 2.24) is 0 Å². The van der Waals surface area contributed by atoms with E-state index in [1.807, 2.05) is 19.9 Å². The second kappa shape index (κ2) is 8.45. The Morgan fingerprint density at radius 3 is 2.13 bits per heavy atom. The predicted molar refractivity (Wildman–Crippen MR) is 101 cm³/mol. The van der Waals surface area contributed by atoms with Gasteiger partial charge in [0.15, 0.2) is 0 Å². The highest BCUT2D eigenvalue weighted by Gasteiger charge is 2.31. The van der Waals surface area contributed by atoms with E-state index in [-0.39, 0.29) is 4.90 Å². The third-order valence-electron chi connectivity index (χ3n) is 4.55. The second-order valence-corrected chi connectivity index (χ2v) is 13.5. The van der Waals surface area contributed by atoms with Crippen LogP contribution in [0.25, 0.3) is 0 Å². The van der Waals surface area contributed by atoms with E-state index in [9.17, 15) is 13.0 Å².